The molecule has 0 unspecified atom stereocenters. The van der Waals surface area contributed by atoms with Gasteiger partial charge in [0.1, 0.15) is 0 Å². The Morgan fingerprint density at radius 1 is 0.923 bits per heavy atom. The molecule has 2 aromatic rings. The van der Waals surface area contributed by atoms with Gasteiger partial charge in [0.25, 0.3) is 5.91 Å². The van der Waals surface area contributed by atoms with Crippen LogP contribution in [0.15, 0.2) is 42.7 Å². The summed E-state index contributed by atoms with van der Waals surface area (Å²) in [6.07, 6.45) is 10.8. The van der Waals surface area contributed by atoms with Crippen LogP contribution in [0, 0.1) is 0 Å². The summed E-state index contributed by atoms with van der Waals surface area (Å²) < 4.78 is 0. The van der Waals surface area contributed by atoms with Crippen molar-refractivity contribution in [3.05, 3.63) is 53.9 Å². The van der Waals surface area contributed by atoms with E-state index in [0.717, 1.165) is 5.69 Å². The van der Waals surface area contributed by atoms with Crippen LogP contribution < -0.4 is 10.6 Å². The second-order valence-corrected chi connectivity index (χ2v) is 6.88. The summed E-state index contributed by atoms with van der Waals surface area (Å²) in [5, 5.41) is 6.37. The Labute approximate surface area is 154 Å². The normalized spacial score (nSPS) is 15.1. The molecule has 2 N–H and O–H groups in total. The minimum absolute atomic E-state index is 0.00404. The first-order valence-electron chi connectivity index (χ1n) is 9.26. The van der Waals surface area contributed by atoms with Gasteiger partial charge in [-0.25, -0.2) is 0 Å². The highest BCUT2D eigenvalue weighted by molar-refractivity contribution is 6.04. The molecule has 5 heteroatoms. The van der Waals surface area contributed by atoms with Crippen molar-refractivity contribution < 1.29 is 9.59 Å². The van der Waals surface area contributed by atoms with Gasteiger partial charge in [0.15, 0.2) is 5.78 Å². The van der Waals surface area contributed by atoms with Gasteiger partial charge in [0.05, 0.1) is 11.3 Å². The van der Waals surface area contributed by atoms with Gasteiger partial charge in [-0.1, -0.05) is 25.7 Å². The molecular weight excluding hydrogens is 326 g/mol. The van der Waals surface area contributed by atoms with Gasteiger partial charge in [0.2, 0.25) is 0 Å². The molecular formula is C21H25N3O2. The van der Waals surface area contributed by atoms with Crippen molar-refractivity contribution in [2.45, 2.75) is 51.5 Å². The lowest BCUT2D eigenvalue weighted by Gasteiger charge is -2.17. The van der Waals surface area contributed by atoms with E-state index in [1.54, 1.807) is 36.7 Å². The number of hydrogen-bond donors (Lipinski definition) is 2. The van der Waals surface area contributed by atoms with Crippen LogP contribution in [-0.2, 0) is 0 Å². The molecule has 1 fully saturated rings. The summed E-state index contributed by atoms with van der Waals surface area (Å²) >= 11 is 0. The van der Waals surface area contributed by atoms with E-state index in [9.17, 15) is 9.59 Å². The van der Waals surface area contributed by atoms with Gasteiger partial charge >= 0.3 is 0 Å². The van der Waals surface area contributed by atoms with E-state index in [-0.39, 0.29) is 11.7 Å². The smallest absolute Gasteiger partial charge is 0.257 e. The van der Waals surface area contributed by atoms with Gasteiger partial charge in [-0.3, -0.25) is 14.6 Å². The number of amides is 1. The van der Waals surface area contributed by atoms with E-state index in [0.29, 0.717) is 22.9 Å². The molecule has 26 heavy (non-hydrogen) atoms. The van der Waals surface area contributed by atoms with Crippen molar-refractivity contribution in [3.8, 4) is 0 Å². The number of Topliss-reactive ketones (excluding diaryl/α,β-unsaturated/α-hetero) is 1. The van der Waals surface area contributed by atoms with E-state index in [1.807, 2.05) is 6.07 Å². The van der Waals surface area contributed by atoms with Gasteiger partial charge in [-0.2, -0.15) is 0 Å². The van der Waals surface area contributed by atoms with Gasteiger partial charge in [-0.15, -0.1) is 0 Å². The van der Waals surface area contributed by atoms with Crippen LogP contribution in [0.2, 0.25) is 0 Å². The number of carbonyl (C=O) groups excluding carboxylic acids is 2. The highest BCUT2D eigenvalue weighted by Gasteiger charge is 2.13. The van der Waals surface area contributed by atoms with Gasteiger partial charge in [-0.05, 0) is 50.1 Å². The topological polar surface area (TPSA) is 71.1 Å². The van der Waals surface area contributed by atoms with E-state index in [4.69, 9.17) is 0 Å². The number of rotatable bonds is 5. The predicted octanol–water partition coefficient (Wildman–Crippen LogP) is 4.67. The third-order valence-corrected chi connectivity index (χ3v) is 4.78. The molecule has 0 saturated heterocycles. The minimum atomic E-state index is -0.211. The van der Waals surface area contributed by atoms with Gasteiger partial charge < -0.3 is 10.6 Å². The molecule has 1 aromatic carbocycles. The van der Waals surface area contributed by atoms with Crippen LogP contribution in [0.4, 0.5) is 11.4 Å². The Balaban J connectivity index is 1.64. The third-order valence-electron chi connectivity index (χ3n) is 4.78. The van der Waals surface area contributed by atoms with Crippen molar-refractivity contribution in [1.29, 1.82) is 0 Å². The zero-order chi connectivity index (χ0) is 18.4. The van der Waals surface area contributed by atoms with Crippen molar-refractivity contribution >= 4 is 23.1 Å². The maximum Gasteiger partial charge on any atom is 0.257 e. The van der Waals surface area contributed by atoms with Crippen molar-refractivity contribution in [1.82, 2.24) is 4.98 Å². The lowest BCUT2D eigenvalue weighted by Crippen LogP contribution is -2.19. The summed E-state index contributed by atoms with van der Waals surface area (Å²) in [6, 6.07) is 9.18. The number of hydrogen-bond acceptors (Lipinski definition) is 4. The fourth-order valence-corrected chi connectivity index (χ4v) is 3.29. The van der Waals surface area contributed by atoms with Crippen LogP contribution in [0.5, 0.6) is 0 Å². The third kappa shape index (κ3) is 4.91. The zero-order valence-electron chi connectivity index (χ0n) is 15.1. The fourth-order valence-electron chi connectivity index (χ4n) is 3.29. The van der Waals surface area contributed by atoms with Crippen LogP contribution >= 0.6 is 0 Å². The summed E-state index contributed by atoms with van der Waals surface area (Å²) in [5.41, 5.74) is 2.68. The van der Waals surface area contributed by atoms with Gasteiger partial charge in [0, 0.05) is 29.7 Å². The maximum absolute atomic E-state index is 12.5. The molecule has 0 radical (unpaired) electrons. The number of aromatic nitrogens is 1. The lowest BCUT2D eigenvalue weighted by molar-refractivity contribution is 0.101. The molecule has 0 aliphatic heterocycles. The highest BCUT2D eigenvalue weighted by Crippen LogP contribution is 2.21. The average Bonchev–Trinajstić information content (AvgIpc) is 2.91. The Morgan fingerprint density at radius 3 is 2.27 bits per heavy atom. The molecule has 0 spiro atoms. The van der Waals surface area contributed by atoms with Crippen LogP contribution in [0.3, 0.4) is 0 Å². The molecule has 1 amide bonds. The molecule has 1 saturated carbocycles. The Bertz CT molecular complexity index is 763. The molecule has 3 rings (SSSR count). The van der Waals surface area contributed by atoms with Crippen LogP contribution in [0.25, 0.3) is 0 Å². The number of carbonyl (C=O) groups is 2. The number of pyridine rings is 1. The molecule has 5 nitrogen and oxygen atoms in total. The minimum Gasteiger partial charge on any atom is -0.381 e. The zero-order valence-corrected chi connectivity index (χ0v) is 15.1. The monoisotopic (exact) mass is 351 g/mol. The second kappa shape index (κ2) is 8.61. The Kier molecular flexibility index (Phi) is 6.00. The quantitative estimate of drug-likeness (QED) is 0.606. The largest absolute Gasteiger partial charge is 0.381 e. The molecule has 0 atom stereocenters. The van der Waals surface area contributed by atoms with Crippen molar-refractivity contribution in [3.63, 3.8) is 0 Å². The molecule has 0 bridgehead atoms. The molecule has 1 heterocycles. The van der Waals surface area contributed by atoms with E-state index >= 15 is 0 Å². The standard InChI is InChI=1S/C21H25N3O2/c1-15(25)16-8-10-19(11-9-16)24-21(26)17-12-20(14-22-13-17)23-18-6-4-2-3-5-7-18/h8-14,18,23H,2-7H2,1H3,(H,24,26). The first-order chi connectivity index (χ1) is 12.6. The lowest BCUT2D eigenvalue weighted by atomic mass is 10.1. The first kappa shape index (κ1) is 18.1. The summed E-state index contributed by atoms with van der Waals surface area (Å²) in [6.45, 7) is 1.52. The number of anilines is 2. The number of benzene rings is 1. The predicted molar refractivity (Wildman–Crippen MR) is 104 cm³/mol. The number of nitrogens with one attached hydrogen (secondary N) is 2. The SMILES string of the molecule is CC(=O)c1ccc(NC(=O)c2cncc(NC3CCCCCC3)c2)cc1. The van der Waals surface area contributed by atoms with E-state index < -0.39 is 0 Å². The molecule has 1 aliphatic carbocycles. The summed E-state index contributed by atoms with van der Waals surface area (Å²) in [7, 11) is 0. The molecule has 1 aliphatic rings. The average molecular weight is 351 g/mol. The fraction of sp³-hybridized carbons (Fsp3) is 0.381. The van der Waals surface area contributed by atoms with Crippen LogP contribution in [-0.4, -0.2) is 22.7 Å². The maximum atomic E-state index is 12.5. The van der Waals surface area contributed by atoms with Crippen LogP contribution in [0.1, 0.15) is 66.2 Å². The Hall–Kier alpha value is -2.69. The summed E-state index contributed by atoms with van der Waals surface area (Å²) in [4.78, 5) is 28.0. The number of nitrogens with zero attached hydrogens (tertiary/aromatic N) is 1. The van der Waals surface area contributed by atoms with E-state index in [1.165, 1.54) is 45.4 Å². The number of ketones is 1. The summed E-state index contributed by atoms with van der Waals surface area (Å²) in [5.74, 6) is -0.207. The van der Waals surface area contributed by atoms with Crippen molar-refractivity contribution in [2.24, 2.45) is 0 Å². The highest BCUT2D eigenvalue weighted by atomic mass is 16.1. The van der Waals surface area contributed by atoms with E-state index in [2.05, 4.69) is 15.6 Å². The first-order valence-corrected chi connectivity index (χ1v) is 9.26. The second-order valence-electron chi connectivity index (χ2n) is 6.88. The van der Waals surface area contributed by atoms with Crippen molar-refractivity contribution in [2.75, 3.05) is 10.6 Å². The Morgan fingerprint density at radius 2 is 1.62 bits per heavy atom. The molecule has 1 aromatic heterocycles. The molecule has 136 valence electrons.